The van der Waals surface area contributed by atoms with Crippen LogP contribution in [-0.4, -0.2) is 48.6 Å². The molecule has 1 aliphatic rings. The summed E-state index contributed by atoms with van der Waals surface area (Å²) in [5.74, 6) is -0.628. The summed E-state index contributed by atoms with van der Waals surface area (Å²) in [6.07, 6.45) is 1.25. The predicted molar refractivity (Wildman–Crippen MR) is 90.2 cm³/mol. The van der Waals surface area contributed by atoms with Gasteiger partial charge in [-0.05, 0) is 26.2 Å². The number of hydrogen-bond acceptors (Lipinski definition) is 6. The quantitative estimate of drug-likeness (QED) is 0.897. The Morgan fingerprint density at radius 2 is 2.00 bits per heavy atom. The van der Waals surface area contributed by atoms with Gasteiger partial charge >= 0.3 is 0 Å². The maximum absolute atomic E-state index is 12.5. The maximum Gasteiger partial charge on any atom is 0.231 e. The van der Waals surface area contributed by atoms with E-state index in [-0.39, 0.29) is 34.6 Å². The molecule has 1 N–H and O–H groups in total. The van der Waals surface area contributed by atoms with Crippen molar-refractivity contribution >= 4 is 23.2 Å². The molecule has 0 spiro atoms. The number of Topliss-reactive ketones (excluding diaryl/α,β-unsaturated/α-hetero) is 1. The van der Waals surface area contributed by atoms with Gasteiger partial charge in [0.25, 0.3) is 0 Å². The van der Waals surface area contributed by atoms with Crippen molar-refractivity contribution in [1.82, 2.24) is 15.2 Å². The molecule has 0 atom stereocenters. The normalized spacial score (nSPS) is 13.9. The molecule has 3 rings (SSSR count). The average molecular weight is 346 g/mol. The molecule has 0 saturated heterocycles. The molecule has 0 bridgehead atoms. The summed E-state index contributed by atoms with van der Waals surface area (Å²) in [6, 6.07) is 6.97. The average Bonchev–Trinajstić information content (AvgIpc) is 2.98. The molecule has 0 radical (unpaired) electrons. The molecule has 7 heteroatoms. The summed E-state index contributed by atoms with van der Waals surface area (Å²) in [7, 11) is 3.85. The molecular weight excluding hydrogens is 330 g/mol. The first-order valence-corrected chi connectivity index (χ1v) is 7.80. The van der Waals surface area contributed by atoms with Crippen LogP contribution in [0.2, 0.25) is 5.02 Å². The van der Waals surface area contributed by atoms with E-state index in [1.54, 1.807) is 24.3 Å². The van der Waals surface area contributed by atoms with Gasteiger partial charge in [-0.1, -0.05) is 23.7 Å². The number of nitrogens with one attached hydrogen (secondary N) is 1. The molecule has 1 heterocycles. The highest BCUT2D eigenvalue weighted by Gasteiger charge is 2.32. The second-order valence-corrected chi connectivity index (χ2v) is 6.07. The zero-order chi connectivity index (χ0) is 17.3. The molecule has 2 aromatic rings. The van der Waals surface area contributed by atoms with Crippen LogP contribution in [0.1, 0.15) is 21.0 Å². The fraction of sp³-hybridized carbons (Fsp3) is 0.235. The molecule has 1 aliphatic carbocycles. The third-order valence-electron chi connectivity index (χ3n) is 3.56. The van der Waals surface area contributed by atoms with Crippen molar-refractivity contribution in [2.45, 2.75) is 0 Å². The van der Waals surface area contributed by atoms with E-state index in [0.29, 0.717) is 17.1 Å². The van der Waals surface area contributed by atoms with Crippen LogP contribution in [0.5, 0.6) is 0 Å². The summed E-state index contributed by atoms with van der Waals surface area (Å²) < 4.78 is 5.50. The molecule has 0 aliphatic heterocycles. The zero-order valence-electron chi connectivity index (χ0n) is 13.3. The van der Waals surface area contributed by atoms with Gasteiger partial charge in [0.05, 0.1) is 16.3 Å². The molecule has 0 unspecified atom stereocenters. The van der Waals surface area contributed by atoms with Gasteiger partial charge < -0.3 is 14.6 Å². The van der Waals surface area contributed by atoms with Crippen LogP contribution < -0.4 is 5.32 Å². The van der Waals surface area contributed by atoms with E-state index in [1.165, 1.54) is 6.08 Å². The summed E-state index contributed by atoms with van der Waals surface area (Å²) in [5.41, 5.74) is 0.786. The van der Waals surface area contributed by atoms with Gasteiger partial charge in [0.2, 0.25) is 23.2 Å². The van der Waals surface area contributed by atoms with Crippen LogP contribution in [0.4, 0.5) is 0 Å². The summed E-state index contributed by atoms with van der Waals surface area (Å²) in [6.45, 7) is 1.28. The number of likely N-dealkylation sites (N-methyl/N-ethyl adjacent to an activating group) is 1. The number of halogens is 1. The van der Waals surface area contributed by atoms with Crippen LogP contribution in [0.15, 0.2) is 40.5 Å². The molecular formula is C17H16ClN3O3. The lowest BCUT2D eigenvalue weighted by Gasteiger charge is -2.14. The lowest BCUT2D eigenvalue weighted by Crippen LogP contribution is -2.31. The number of oxazole rings is 1. The number of carbonyl (C=O) groups is 2. The maximum atomic E-state index is 12.5. The Labute approximate surface area is 144 Å². The Morgan fingerprint density at radius 3 is 2.71 bits per heavy atom. The monoisotopic (exact) mass is 345 g/mol. The Kier molecular flexibility index (Phi) is 4.51. The fourth-order valence-electron chi connectivity index (χ4n) is 2.33. The van der Waals surface area contributed by atoms with E-state index in [1.807, 2.05) is 19.0 Å². The van der Waals surface area contributed by atoms with Gasteiger partial charge in [0.15, 0.2) is 5.69 Å². The lowest BCUT2D eigenvalue weighted by atomic mass is 10.0. The number of ketones is 2. The van der Waals surface area contributed by atoms with E-state index < -0.39 is 0 Å². The van der Waals surface area contributed by atoms with Crippen molar-refractivity contribution in [1.29, 1.82) is 0 Å². The van der Waals surface area contributed by atoms with Crippen molar-refractivity contribution in [3.05, 3.63) is 52.5 Å². The van der Waals surface area contributed by atoms with Gasteiger partial charge in [-0.25, -0.2) is 4.98 Å². The number of aromatic nitrogens is 1. The Balaban J connectivity index is 1.89. The lowest BCUT2D eigenvalue weighted by molar-refractivity contribution is 0.0960. The number of hydrogen-bond donors (Lipinski definition) is 1. The minimum absolute atomic E-state index is 0.0183. The van der Waals surface area contributed by atoms with Crippen molar-refractivity contribution in [3.8, 4) is 11.5 Å². The van der Waals surface area contributed by atoms with E-state index in [9.17, 15) is 9.59 Å². The fourth-order valence-corrected chi connectivity index (χ4v) is 2.54. The summed E-state index contributed by atoms with van der Waals surface area (Å²) in [4.78, 5) is 30.9. The number of nitrogens with zero attached hydrogens (tertiary/aromatic N) is 2. The van der Waals surface area contributed by atoms with E-state index in [0.717, 1.165) is 6.54 Å². The highest BCUT2D eigenvalue weighted by molar-refractivity contribution is 6.33. The molecule has 6 nitrogen and oxygen atoms in total. The van der Waals surface area contributed by atoms with Crippen LogP contribution in [-0.2, 0) is 0 Å². The highest BCUT2D eigenvalue weighted by atomic mass is 35.5. The SMILES string of the molecule is CN(C)CCNC1=CC(=O)c2oc(-c3ccccc3Cl)nc2C1=O. The smallest absolute Gasteiger partial charge is 0.231 e. The van der Waals surface area contributed by atoms with Crippen molar-refractivity contribution in [2.24, 2.45) is 0 Å². The van der Waals surface area contributed by atoms with E-state index >= 15 is 0 Å². The van der Waals surface area contributed by atoms with Crippen molar-refractivity contribution in [2.75, 3.05) is 27.2 Å². The number of rotatable bonds is 5. The summed E-state index contributed by atoms with van der Waals surface area (Å²) >= 11 is 6.12. The first-order valence-electron chi connectivity index (χ1n) is 7.42. The molecule has 1 aromatic carbocycles. The first kappa shape index (κ1) is 16.4. The van der Waals surface area contributed by atoms with Crippen molar-refractivity contribution < 1.29 is 14.0 Å². The third kappa shape index (κ3) is 3.11. The van der Waals surface area contributed by atoms with Crippen LogP contribution >= 0.6 is 11.6 Å². The Bertz CT molecular complexity index is 839. The number of fused-ring (bicyclic) bond motifs is 1. The Hall–Kier alpha value is -2.44. The van der Waals surface area contributed by atoms with Crippen LogP contribution in [0.3, 0.4) is 0 Å². The standard InChI is InChI=1S/C17H16ClN3O3/c1-21(2)8-7-19-12-9-13(22)16-14(15(12)23)20-17(24-16)10-5-3-4-6-11(10)18/h3-6,9,19H,7-8H2,1-2H3. The zero-order valence-corrected chi connectivity index (χ0v) is 14.1. The molecule has 0 saturated carbocycles. The van der Waals surface area contributed by atoms with Crippen LogP contribution in [0.25, 0.3) is 11.5 Å². The number of allylic oxidation sites excluding steroid dienone is 2. The van der Waals surface area contributed by atoms with E-state index in [4.69, 9.17) is 16.0 Å². The molecule has 1 aromatic heterocycles. The van der Waals surface area contributed by atoms with Gasteiger partial charge in [-0.15, -0.1) is 0 Å². The summed E-state index contributed by atoms with van der Waals surface area (Å²) in [5, 5.41) is 3.41. The topological polar surface area (TPSA) is 75.4 Å². The second-order valence-electron chi connectivity index (χ2n) is 5.66. The largest absolute Gasteiger partial charge is 0.432 e. The van der Waals surface area contributed by atoms with Gasteiger partial charge in [-0.2, -0.15) is 0 Å². The molecule has 0 amide bonds. The van der Waals surface area contributed by atoms with Crippen molar-refractivity contribution in [3.63, 3.8) is 0 Å². The number of benzene rings is 1. The second kappa shape index (κ2) is 6.59. The van der Waals surface area contributed by atoms with Crippen LogP contribution in [0, 0.1) is 0 Å². The van der Waals surface area contributed by atoms with E-state index in [2.05, 4.69) is 10.3 Å². The first-order chi connectivity index (χ1) is 11.5. The van der Waals surface area contributed by atoms with Gasteiger partial charge in [0.1, 0.15) is 0 Å². The van der Waals surface area contributed by atoms with Gasteiger partial charge in [0, 0.05) is 19.2 Å². The predicted octanol–water partition coefficient (Wildman–Crippen LogP) is 2.41. The number of carbonyl (C=O) groups excluding carboxylic acids is 2. The molecule has 24 heavy (non-hydrogen) atoms. The van der Waals surface area contributed by atoms with Gasteiger partial charge in [-0.3, -0.25) is 9.59 Å². The minimum atomic E-state index is -0.386. The molecule has 124 valence electrons. The highest BCUT2D eigenvalue weighted by Crippen LogP contribution is 2.30. The molecule has 0 fully saturated rings. The Morgan fingerprint density at radius 1 is 1.25 bits per heavy atom. The third-order valence-corrected chi connectivity index (χ3v) is 3.89. The minimum Gasteiger partial charge on any atom is -0.432 e.